The fourth-order valence-corrected chi connectivity index (χ4v) is 9.22. The largest absolute Gasteiger partial charge is 0.356 e. The minimum atomic E-state index is -0.998. The molecule has 1 fully saturated rings. The van der Waals surface area contributed by atoms with E-state index in [2.05, 4.69) is 34.7 Å². The van der Waals surface area contributed by atoms with E-state index in [1.165, 1.54) is 16.6 Å². The third-order valence-electron chi connectivity index (χ3n) is 9.57. The number of thiophene rings is 1. The van der Waals surface area contributed by atoms with Gasteiger partial charge in [-0.2, -0.15) is 0 Å². The summed E-state index contributed by atoms with van der Waals surface area (Å²) in [7, 11) is 0. The molecule has 7 rings (SSSR count). The number of unbranched alkanes of at least 4 members (excludes halogenated alkanes) is 2. The monoisotopic (exact) mass is 757 g/mol. The van der Waals surface area contributed by atoms with Crippen LogP contribution in [0.5, 0.6) is 0 Å². The summed E-state index contributed by atoms with van der Waals surface area (Å²) in [6, 6.07) is 11.2. The Morgan fingerprint density at radius 1 is 1.00 bits per heavy atom. The third kappa shape index (κ3) is 6.70. The van der Waals surface area contributed by atoms with Crippen molar-refractivity contribution in [1.29, 1.82) is 0 Å². The molecule has 2 atom stereocenters. The Morgan fingerprint density at radius 3 is 2.56 bits per heavy atom. The van der Waals surface area contributed by atoms with Gasteiger partial charge in [-0.15, -0.1) is 33.3 Å². The van der Waals surface area contributed by atoms with Crippen molar-refractivity contribution in [1.82, 2.24) is 30.3 Å². The van der Waals surface area contributed by atoms with Gasteiger partial charge < -0.3 is 5.32 Å². The normalized spacial score (nSPS) is 18.1. The maximum absolute atomic E-state index is 13.4. The number of thioether (sulfide) groups is 1. The van der Waals surface area contributed by atoms with Crippen molar-refractivity contribution >= 4 is 69.9 Å². The van der Waals surface area contributed by atoms with Gasteiger partial charge in [-0.3, -0.25) is 43.7 Å². The van der Waals surface area contributed by atoms with Crippen LogP contribution in [0.2, 0.25) is 5.02 Å². The molecule has 3 aliphatic rings. The minimum Gasteiger partial charge on any atom is -0.356 e. The van der Waals surface area contributed by atoms with Crippen LogP contribution in [-0.2, 0) is 14.4 Å². The highest BCUT2D eigenvalue weighted by molar-refractivity contribution is 7.99. The summed E-state index contributed by atoms with van der Waals surface area (Å²) in [6.45, 7) is 6.58. The fraction of sp³-hybridized carbons (Fsp3) is 0.351. The number of hydrogen-bond donors (Lipinski definition) is 2. The second-order valence-electron chi connectivity index (χ2n) is 13.0. The van der Waals surface area contributed by atoms with Crippen LogP contribution in [0, 0.1) is 20.8 Å². The van der Waals surface area contributed by atoms with Crippen LogP contribution in [0.1, 0.15) is 98.5 Å². The summed E-state index contributed by atoms with van der Waals surface area (Å²) in [5.41, 5.74) is 4.43. The number of rotatable bonds is 11. The van der Waals surface area contributed by atoms with Gasteiger partial charge >= 0.3 is 0 Å². The van der Waals surface area contributed by atoms with Crippen LogP contribution in [0.4, 0.5) is 0 Å². The number of carbonyl (C=O) groups is 5. The molecule has 3 aliphatic heterocycles. The molecule has 5 heterocycles. The molecule has 2 N–H and O–H groups in total. The number of benzene rings is 2. The standard InChI is InChI=1S/C37H36ClN7O5S2/c1-19-20(2)52-37-30(19)32(22-10-12-23(38)13-11-22)40-25(33-43-42-21(3)44(33)37)18-29(47)39-16-5-4-6-17-51-27-9-7-8-24-31(27)36(50)45(35(24)49)26-14-15-28(46)41-34(26)48/h7-13,25-26H,4-6,14-18H2,1-3H3,(H,39,47)(H,41,46,48)/t25-,26?/m0/s1. The molecule has 0 radical (unpaired) electrons. The molecule has 52 heavy (non-hydrogen) atoms. The number of hydrogen-bond acceptors (Lipinski definition) is 10. The number of aromatic nitrogens is 3. The zero-order valence-corrected chi connectivity index (χ0v) is 31.2. The lowest BCUT2D eigenvalue weighted by atomic mass is 9.99. The van der Waals surface area contributed by atoms with Crippen LogP contribution in [-0.4, -0.2) is 73.3 Å². The van der Waals surface area contributed by atoms with E-state index < -0.39 is 35.7 Å². The molecule has 5 amide bonds. The predicted molar refractivity (Wildman–Crippen MR) is 199 cm³/mol. The van der Waals surface area contributed by atoms with Gasteiger partial charge in [0.25, 0.3) is 11.8 Å². The topological polar surface area (TPSA) is 156 Å². The highest BCUT2D eigenvalue weighted by Gasteiger charge is 2.45. The number of nitrogens with one attached hydrogen (secondary N) is 2. The highest BCUT2D eigenvalue weighted by atomic mass is 35.5. The molecule has 0 aliphatic carbocycles. The van der Waals surface area contributed by atoms with E-state index in [1.54, 1.807) is 29.5 Å². The van der Waals surface area contributed by atoms with Gasteiger partial charge in [0.15, 0.2) is 5.82 Å². The first kappa shape index (κ1) is 35.7. The first-order valence-electron chi connectivity index (χ1n) is 17.1. The van der Waals surface area contributed by atoms with Gasteiger partial charge in [-0.05, 0) is 75.6 Å². The lowest BCUT2D eigenvalue weighted by molar-refractivity contribution is -0.136. The SMILES string of the molecule is Cc1sc2c(c1C)C(c1ccc(Cl)cc1)=N[C@@H](CC(=O)NCCCCCSc1cccc3c1C(=O)N(C1CCC(=O)NC1=O)C3=O)c1nnc(C)n1-2. The van der Waals surface area contributed by atoms with Gasteiger partial charge in [0.1, 0.15) is 22.9 Å². The smallest absolute Gasteiger partial charge is 0.263 e. The van der Waals surface area contributed by atoms with Crippen LogP contribution in [0.3, 0.4) is 0 Å². The maximum atomic E-state index is 13.4. The molecule has 268 valence electrons. The molecule has 2 aromatic carbocycles. The van der Waals surface area contributed by atoms with Gasteiger partial charge in [0.2, 0.25) is 17.7 Å². The molecule has 2 aromatic heterocycles. The zero-order chi connectivity index (χ0) is 36.7. The Balaban J connectivity index is 0.948. The molecule has 0 bridgehead atoms. The van der Waals surface area contributed by atoms with Gasteiger partial charge in [0.05, 0.1) is 23.3 Å². The predicted octanol–water partition coefficient (Wildman–Crippen LogP) is 5.67. The maximum Gasteiger partial charge on any atom is 0.263 e. The van der Waals surface area contributed by atoms with Gasteiger partial charge in [-0.25, -0.2) is 0 Å². The second-order valence-corrected chi connectivity index (χ2v) is 15.8. The summed E-state index contributed by atoms with van der Waals surface area (Å²) in [5.74, 6) is -0.126. The Bertz CT molecular complexity index is 2160. The summed E-state index contributed by atoms with van der Waals surface area (Å²) in [4.78, 5) is 71.8. The van der Waals surface area contributed by atoms with Crippen molar-refractivity contribution in [2.24, 2.45) is 4.99 Å². The van der Waals surface area contributed by atoms with Gasteiger partial charge in [0, 0.05) is 38.9 Å². The summed E-state index contributed by atoms with van der Waals surface area (Å²) < 4.78 is 2.03. The summed E-state index contributed by atoms with van der Waals surface area (Å²) >= 11 is 9.37. The molecule has 4 aromatic rings. The van der Waals surface area contributed by atoms with E-state index in [1.807, 2.05) is 35.8 Å². The van der Waals surface area contributed by atoms with Gasteiger partial charge in [-0.1, -0.05) is 36.2 Å². The van der Waals surface area contributed by atoms with Crippen molar-refractivity contribution in [2.45, 2.75) is 76.3 Å². The average molecular weight is 758 g/mol. The van der Waals surface area contributed by atoms with Crippen LogP contribution < -0.4 is 10.6 Å². The Hall–Kier alpha value is -4.66. The molecule has 12 nitrogen and oxygen atoms in total. The third-order valence-corrected chi connectivity index (χ3v) is 12.2. The minimum absolute atomic E-state index is 0.0733. The zero-order valence-electron chi connectivity index (χ0n) is 28.8. The van der Waals surface area contributed by atoms with Crippen molar-refractivity contribution in [3.63, 3.8) is 0 Å². The van der Waals surface area contributed by atoms with Crippen LogP contribution in [0.25, 0.3) is 5.00 Å². The number of fused-ring (bicyclic) bond motifs is 4. The van der Waals surface area contributed by atoms with E-state index in [-0.39, 0.29) is 30.7 Å². The fourth-order valence-electron chi connectivity index (χ4n) is 6.80. The van der Waals surface area contributed by atoms with E-state index >= 15 is 0 Å². The summed E-state index contributed by atoms with van der Waals surface area (Å²) in [6.07, 6.45) is 2.72. The Morgan fingerprint density at radius 2 is 1.79 bits per heavy atom. The van der Waals surface area contributed by atoms with E-state index in [9.17, 15) is 24.0 Å². The molecule has 0 spiro atoms. The number of nitrogens with zero attached hydrogens (tertiary/aromatic N) is 5. The van der Waals surface area contributed by atoms with Crippen LogP contribution >= 0.6 is 34.7 Å². The van der Waals surface area contributed by atoms with E-state index in [4.69, 9.17) is 16.6 Å². The second kappa shape index (κ2) is 14.8. The number of carbonyl (C=O) groups excluding carboxylic acids is 5. The van der Waals surface area contributed by atoms with E-state index in [0.29, 0.717) is 33.6 Å². The van der Waals surface area contributed by atoms with Crippen LogP contribution in [0.15, 0.2) is 52.4 Å². The lowest BCUT2D eigenvalue weighted by Gasteiger charge is -2.27. The molecule has 15 heteroatoms. The van der Waals surface area contributed by atoms with Crippen molar-refractivity contribution < 1.29 is 24.0 Å². The van der Waals surface area contributed by atoms with Crippen molar-refractivity contribution in [2.75, 3.05) is 12.3 Å². The number of halogens is 1. The number of aliphatic imine (C=N–C) groups is 1. The summed E-state index contributed by atoms with van der Waals surface area (Å²) in [5, 5.41) is 15.8. The van der Waals surface area contributed by atoms with Crippen molar-refractivity contribution in [3.05, 3.63) is 91.8 Å². The number of aryl methyl sites for hydroxylation is 2. The molecule has 1 saturated heterocycles. The number of imide groups is 2. The highest BCUT2D eigenvalue weighted by Crippen LogP contribution is 2.40. The quantitative estimate of drug-likeness (QED) is 0.113. The molecular weight excluding hydrogens is 722 g/mol. The lowest BCUT2D eigenvalue weighted by Crippen LogP contribution is -2.54. The molecule has 0 saturated carbocycles. The molecular formula is C37H36ClN7O5S2. The first-order valence-corrected chi connectivity index (χ1v) is 19.3. The number of piperidine rings is 1. The Kier molecular flexibility index (Phi) is 10.1. The number of amides is 5. The average Bonchev–Trinajstić information content (AvgIpc) is 3.69. The van der Waals surface area contributed by atoms with E-state index in [0.717, 1.165) is 57.4 Å². The first-order chi connectivity index (χ1) is 25.0. The molecule has 1 unspecified atom stereocenters. The Labute approximate surface area is 313 Å². The van der Waals surface area contributed by atoms with Crippen molar-refractivity contribution in [3.8, 4) is 5.00 Å².